The van der Waals surface area contributed by atoms with Crippen LogP contribution in [0.4, 0.5) is 0 Å². The fourth-order valence-corrected chi connectivity index (χ4v) is 3.29. The average molecular weight is 317 g/mol. The van der Waals surface area contributed by atoms with Gasteiger partial charge in [0.1, 0.15) is 10.7 Å². The number of amides is 1. The first kappa shape index (κ1) is 14.5. The molecule has 3 rings (SSSR count). The molecule has 0 aliphatic carbocycles. The number of nitrogens with zero attached hydrogens (tertiary/aromatic N) is 4. The molecule has 7 nitrogen and oxygen atoms in total. The second-order valence-corrected chi connectivity index (χ2v) is 6.28. The highest BCUT2D eigenvalue weighted by atomic mass is 32.1. The van der Waals surface area contributed by atoms with Crippen molar-refractivity contribution in [3.63, 3.8) is 0 Å². The van der Waals surface area contributed by atoms with Gasteiger partial charge in [-0.15, -0.1) is 11.3 Å². The number of aryl methyl sites for hydroxylation is 4. The van der Waals surface area contributed by atoms with Gasteiger partial charge in [-0.3, -0.25) is 19.7 Å². The van der Waals surface area contributed by atoms with Crippen molar-refractivity contribution < 1.29 is 4.79 Å². The predicted octanol–water partition coefficient (Wildman–Crippen LogP) is 1.50. The van der Waals surface area contributed by atoms with Gasteiger partial charge in [-0.05, 0) is 32.4 Å². The monoisotopic (exact) mass is 317 g/mol. The minimum atomic E-state index is -0.448. The molecule has 3 aromatic rings. The molecule has 1 amide bonds. The van der Waals surface area contributed by atoms with Crippen LogP contribution in [0, 0.1) is 20.8 Å². The second kappa shape index (κ2) is 5.06. The Balaban J connectivity index is 2.09. The second-order valence-electron chi connectivity index (χ2n) is 5.08. The molecular formula is C14H15N5O2S. The van der Waals surface area contributed by atoms with Gasteiger partial charge in [-0.25, -0.2) is 9.66 Å². The van der Waals surface area contributed by atoms with Crippen LogP contribution in [0.2, 0.25) is 0 Å². The topological polar surface area (TPSA) is 81.8 Å². The van der Waals surface area contributed by atoms with Gasteiger partial charge in [0.25, 0.3) is 11.5 Å². The van der Waals surface area contributed by atoms with Gasteiger partial charge in [-0.1, -0.05) is 0 Å². The summed E-state index contributed by atoms with van der Waals surface area (Å²) in [5.41, 5.74) is 3.44. The van der Waals surface area contributed by atoms with Crippen molar-refractivity contribution in [3.05, 3.63) is 44.6 Å². The Morgan fingerprint density at radius 1 is 1.32 bits per heavy atom. The van der Waals surface area contributed by atoms with Crippen LogP contribution in [0.1, 0.15) is 26.8 Å². The number of carbonyl (C=O) groups is 1. The molecule has 0 aliphatic heterocycles. The van der Waals surface area contributed by atoms with Gasteiger partial charge in [-0.2, -0.15) is 5.10 Å². The fourth-order valence-electron chi connectivity index (χ4n) is 2.22. The summed E-state index contributed by atoms with van der Waals surface area (Å²) in [6, 6.07) is 1.58. The number of thiophene rings is 1. The molecule has 3 aromatic heterocycles. The number of hydrogen-bond donors (Lipinski definition) is 1. The Kier molecular flexibility index (Phi) is 3.32. The van der Waals surface area contributed by atoms with E-state index in [1.54, 1.807) is 26.2 Å². The van der Waals surface area contributed by atoms with E-state index in [9.17, 15) is 9.59 Å². The highest BCUT2D eigenvalue weighted by Gasteiger charge is 2.17. The van der Waals surface area contributed by atoms with E-state index in [1.165, 1.54) is 20.7 Å². The van der Waals surface area contributed by atoms with Crippen molar-refractivity contribution in [2.75, 3.05) is 5.43 Å². The van der Waals surface area contributed by atoms with E-state index in [0.29, 0.717) is 16.0 Å². The van der Waals surface area contributed by atoms with Crippen LogP contribution in [0.25, 0.3) is 10.2 Å². The Hall–Kier alpha value is -2.48. The quantitative estimate of drug-likeness (QED) is 0.776. The molecular weight excluding hydrogens is 302 g/mol. The summed E-state index contributed by atoms with van der Waals surface area (Å²) >= 11 is 1.48. The van der Waals surface area contributed by atoms with E-state index >= 15 is 0 Å². The third kappa shape index (κ3) is 2.21. The van der Waals surface area contributed by atoms with Crippen LogP contribution in [0.15, 0.2) is 17.1 Å². The van der Waals surface area contributed by atoms with Crippen LogP contribution < -0.4 is 11.0 Å². The maximum Gasteiger partial charge on any atom is 0.290 e. The molecule has 0 unspecified atom stereocenters. The lowest BCUT2D eigenvalue weighted by molar-refractivity contribution is 0.100. The Morgan fingerprint density at radius 2 is 2.05 bits per heavy atom. The predicted molar refractivity (Wildman–Crippen MR) is 85.0 cm³/mol. The Morgan fingerprint density at radius 3 is 2.68 bits per heavy atom. The highest BCUT2D eigenvalue weighted by Crippen LogP contribution is 2.25. The molecule has 114 valence electrons. The van der Waals surface area contributed by atoms with Gasteiger partial charge in [0.15, 0.2) is 5.69 Å². The molecule has 0 atom stereocenters. The van der Waals surface area contributed by atoms with Crippen molar-refractivity contribution in [2.24, 2.45) is 7.05 Å². The molecule has 22 heavy (non-hydrogen) atoms. The number of rotatable bonds is 2. The minimum absolute atomic E-state index is 0.243. The summed E-state index contributed by atoms with van der Waals surface area (Å²) in [5.74, 6) is -0.0143. The molecule has 0 fully saturated rings. The van der Waals surface area contributed by atoms with Crippen LogP contribution in [-0.4, -0.2) is 25.3 Å². The Labute approximate surface area is 130 Å². The number of fused-ring (bicyclic) bond motifs is 1. The summed E-state index contributed by atoms with van der Waals surface area (Å²) in [6.45, 7) is 5.52. The summed E-state index contributed by atoms with van der Waals surface area (Å²) in [4.78, 5) is 31.0. The molecule has 0 aromatic carbocycles. The minimum Gasteiger partial charge on any atom is -0.275 e. The molecule has 0 radical (unpaired) electrons. The molecule has 0 spiro atoms. The van der Waals surface area contributed by atoms with Crippen molar-refractivity contribution in [1.82, 2.24) is 19.4 Å². The zero-order valence-corrected chi connectivity index (χ0v) is 13.5. The first-order chi connectivity index (χ1) is 10.4. The third-order valence-electron chi connectivity index (χ3n) is 3.53. The number of hydrogen-bond acceptors (Lipinski definition) is 5. The molecule has 1 N–H and O–H groups in total. The molecule has 3 heterocycles. The first-order valence-electron chi connectivity index (χ1n) is 6.69. The van der Waals surface area contributed by atoms with E-state index in [-0.39, 0.29) is 11.3 Å². The number of carbonyl (C=O) groups excluding carboxylic acids is 1. The average Bonchev–Trinajstić information content (AvgIpc) is 2.99. The van der Waals surface area contributed by atoms with Crippen LogP contribution in [0.3, 0.4) is 0 Å². The SMILES string of the molecule is Cc1sc2nc(C)n(NC(=O)c3ccn(C)n3)c(=O)c2c1C. The highest BCUT2D eigenvalue weighted by molar-refractivity contribution is 7.18. The fraction of sp³-hybridized carbons (Fsp3) is 0.286. The van der Waals surface area contributed by atoms with Crippen molar-refractivity contribution in [2.45, 2.75) is 20.8 Å². The van der Waals surface area contributed by atoms with Gasteiger partial charge >= 0.3 is 0 Å². The lowest BCUT2D eigenvalue weighted by Gasteiger charge is -2.10. The largest absolute Gasteiger partial charge is 0.290 e. The zero-order chi connectivity index (χ0) is 16.0. The first-order valence-corrected chi connectivity index (χ1v) is 7.50. The van der Waals surface area contributed by atoms with Gasteiger partial charge in [0.2, 0.25) is 0 Å². The maximum atomic E-state index is 12.6. The molecule has 8 heteroatoms. The lowest BCUT2D eigenvalue weighted by Crippen LogP contribution is -2.35. The normalized spacial score (nSPS) is 11.1. The molecule has 0 bridgehead atoms. The summed E-state index contributed by atoms with van der Waals surface area (Å²) in [7, 11) is 1.72. The van der Waals surface area contributed by atoms with E-state index in [4.69, 9.17) is 0 Å². The van der Waals surface area contributed by atoms with E-state index in [0.717, 1.165) is 10.4 Å². The standard InChI is InChI=1S/C14H15N5O2S/c1-7-8(2)22-13-11(7)14(21)19(9(3)15-13)17-12(20)10-5-6-18(4)16-10/h5-6H,1-4H3,(H,17,20). The number of aromatic nitrogens is 4. The van der Waals surface area contributed by atoms with Crippen LogP contribution in [0.5, 0.6) is 0 Å². The van der Waals surface area contributed by atoms with E-state index in [1.807, 2.05) is 13.8 Å². The number of nitrogens with one attached hydrogen (secondary N) is 1. The molecule has 0 saturated heterocycles. The Bertz CT molecular complexity index is 950. The van der Waals surface area contributed by atoms with Crippen molar-refractivity contribution in [1.29, 1.82) is 0 Å². The maximum absolute atomic E-state index is 12.6. The van der Waals surface area contributed by atoms with Crippen molar-refractivity contribution >= 4 is 27.5 Å². The summed E-state index contributed by atoms with van der Waals surface area (Å²) < 4.78 is 2.71. The van der Waals surface area contributed by atoms with Crippen molar-refractivity contribution in [3.8, 4) is 0 Å². The van der Waals surface area contributed by atoms with E-state index in [2.05, 4.69) is 15.5 Å². The summed E-state index contributed by atoms with van der Waals surface area (Å²) in [5, 5.41) is 4.57. The van der Waals surface area contributed by atoms with Crippen LogP contribution >= 0.6 is 11.3 Å². The lowest BCUT2D eigenvalue weighted by atomic mass is 10.2. The van der Waals surface area contributed by atoms with Gasteiger partial charge in [0, 0.05) is 18.1 Å². The van der Waals surface area contributed by atoms with Gasteiger partial charge in [0.05, 0.1) is 5.39 Å². The summed E-state index contributed by atoms with van der Waals surface area (Å²) in [6.07, 6.45) is 1.67. The van der Waals surface area contributed by atoms with E-state index < -0.39 is 5.91 Å². The zero-order valence-electron chi connectivity index (χ0n) is 12.7. The smallest absolute Gasteiger partial charge is 0.275 e. The third-order valence-corrected chi connectivity index (χ3v) is 4.63. The van der Waals surface area contributed by atoms with Crippen LogP contribution in [-0.2, 0) is 7.05 Å². The molecule has 0 aliphatic rings. The van der Waals surface area contributed by atoms with Gasteiger partial charge < -0.3 is 0 Å². The molecule has 0 saturated carbocycles.